The molecule has 2 rings (SSSR count). The van der Waals surface area contributed by atoms with Gasteiger partial charge in [-0.1, -0.05) is 30.3 Å². The number of nitrogens with one attached hydrogen (secondary N) is 1. The van der Waals surface area contributed by atoms with Crippen LogP contribution in [-0.4, -0.2) is 18.0 Å². The Morgan fingerprint density at radius 2 is 1.74 bits per heavy atom. The van der Waals surface area contributed by atoms with E-state index in [-0.39, 0.29) is 17.6 Å². The van der Waals surface area contributed by atoms with Crippen molar-refractivity contribution in [1.29, 1.82) is 0 Å². The summed E-state index contributed by atoms with van der Waals surface area (Å²) in [4.78, 5) is 11.7. The third-order valence-corrected chi connectivity index (χ3v) is 3.53. The molecule has 1 aromatic rings. The molecule has 1 amide bonds. The van der Waals surface area contributed by atoms with Crippen LogP contribution >= 0.6 is 0 Å². The fraction of sp³-hybridized carbons (Fsp3) is 0.500. The molecule has 0 aliphatic heterocycles. The Kier molecular flexibility index (Phi) is 4.14. The van der Waals surface area contributed by atoms with E-state index in [1.807, 2.05) is 0 Å². The number of hydrogen-bond donors (Lipinski definition) is 2. The quantitative estimate of drug-likeness (QED) is 0.882. The third kappa shape index (κ3) is 3.29. The molecular formula is C14H18F2N2O. The van der Waals surface area contributed by atoms with Gasteiger partial charge in [0.1, 0.15) is 0 Å². The van der Waals surface area contributed by atoms with E-state index in [0.29, 0.717) is 12.8 Å². The Hall–Kier alpha value is -1.49. The van der Waals surface area contributed by atoms with E-state index < -0.39 is 11.8 Å². The van der Waals surface area contributed by atoms with Crippen LogP contribution in [0.5, 0.6) is 0 Å². The summed E-state index contributed by atoms with van der Waals surface area (Å²) in [5.41, 5.74) is 5.47. The van der Waals surface area contributed by atoms with Crippen molar-refractivity contribution in [3.63, 3.8) is 0 Å². The first-order chi connectivity index (χ1) is 9.00. The fourth-order valence-corrected chi connectivity index (χ4v) is 2.32. The molecule has 0 atom stereocenters. The molecule has 0 spiro atoms. The second kappa shape index (κ2) is 5.65. The van der Waals surface area contributed by atoms with Gasteiger partial charge in [0.2, 0.25) is 0 Å². The predicted molar refractivity (Wildman–Crippen MR) is 68.7 cm³/mol. The van der Waals surface area contributed by atoms with Gasteiger partial charge in [0.15, 0.2) is 0 Å². The van der Waals surface area contributed by atoms with Crippen LogP contribution in [0.2, 0.25) is 0 Å². The topological polar surface area (TPSA) is 55.1 Å². The minimum Gasteiger partial charge on any atom is -0.348 e. The molecule has 1 saturated carbocycles. The van der Waals surface area contributed by atoms with E-state index in [2.05, 4.69) is 5.32 Å². The molecule has 0 unspecified atom stereocenters. The summed E-state index contributed by atoms with van der Waals surface area (Å²) in [5, 5.41) is 2.43. The highest BCUT2D eigenvalue weighted by molar-refractivity contribution is 5.85. The van der Waals surface area contributed by atoms with Crippen LogP contribution in [0.1, 0.15) is 31.2 Å². The summed E-state index contributed by atoms with van der Waals surface area (Å²) in [5.74, 6) is -4.71. The van der Waals surface area contributed by atoms with Crippen molar-refractivity contribution in [2.45, 2.75) is 43.7 Å². The molecule has 104 valence electrons. The van der Waals surface area contributed by atoms with Gasteiger partial charge in [-0.25, -0.2) is 0 Å². The number of nitrogens with two attached hydrogens (primary N) is 1. The van der Waals surface area contributed by atoms with E-state index in [4.69, 9.17) is 5.73 Å². The molecule has 1 aliphatic carbocycles. The number of benzene rings is 1. The van der Waals surface area contributed by atoms with Crippen LogP contribution in [0.4, 0.5) is 8.78 Å². The lowest BCUT2D eigenvalue weighted by molar-refractivity contribution is -0.148. The van der Waals surface area contributed by atoms with Gasteiger partial charge in [-0.05, 0) is 25.7 Å². The maximum absolute atomic E-state index is 13.9. The van der Waals surface area contributed by atoms with Gasteiger partial charge >= 0.3 is 5.92 Å². The molecular weight excluding hydrogens is 250 g/mol. The average Bonchev–Trinajstić information content (AvgIpc) is 2.42. The Morgan fingerprint density at radius 3 is 2.32 bits per heavy atom. The number of amides is 1. The van der Waals surface area contributed by atoms with Crippen LogP contribution in [0.25, 0.3) is 0 Å². The Bertz CT molecular complexity index is 428. The maximum Gasteiger partial charge on any atom is 0.349 e. The van der Waals surface area contributed by atoms with Gasteiger partial charge in [-0.2, -0.15) is 8.78 Å². The van der Waals surface area contributed by atoms with E-state index in [1.165, 1.54) is 24.3 Å². The molecule has 0 aromatic heterocycles. The van der Waals surface area contributed by atoms with E-state index in [9.17, 15) is 13.6 Å². The van der Waals surface area contributed by atoms with E-state index >= 15 is 0 Å². The molecule has 19 heavy (non-hydrogen) atoms. The predicted octanol–water partition coefficient (Wildman–Crippen LogP) is 2.16. The number of rotatable bonds is 3. The lowest BCUT2D eigenvalue weighted by Gasteiger charge is -2.28. The van der Waals surface area contributed by atoms with Gasteiger partial charge in [-0.15, -0.1) is 0 Å². The largest absolute Gasteiger partial charge is 0.349 e. The number of carbonyl (C=O) groups is 1. The average molecular weight is 268 g/mol. The minimum atomic E-state index is -3.49. The molecule has 3 nitrogen and oxygen atoms in total. The van der Waals surface area contributed by atoms with Crippen LogP contribution in [0, 0.1) is 0 Å². The number of hydrogen-bond acceptors (Lipinski definition) is 2. The van der Waals surface area contributed by atoms with Crippen LogP contribution in [0.15, 0.2) is 30.3 Å². The Labute approximate surface area is 111 Å². The molecule has 0 heterocycles. The van der Waals surface area contributed by atoms with Gasteiger partial charge in [-0.3, -0.25) is 4.79 Å². The summed E-state index contributed by atoms with van der Waals surface area (Å²) in [7, 11) is 0. The van der Waals surface area contributed by atoms with Gasteiger partial charge in [0, 0.05) is 17.6 Å². The molecule has 1 fully saturated rings. The lowest BCUT2D eigenvalue weighted by atomic mass is 9.91. The molecule has 0 radical (unpaired) electrons. The molecule has 3 N–H and O–H groups in total. The van der Waals surface area contributed by atoms with Crippen molar-refractivity contribution in [3.8, 4) is 0 Å². The van der Waals surface area contributed by atoms with Gasteiger partial charge < -0.3 is 11.1 Å². The van der Waals surface area contributed by atoms with Crippen molar-refractivity contribution < 1.29 is 13.6 Å². The van der Waals surface area contributed by atoms with Crippen LogP contribution in [0.3, 0.4) is 0 Å². The third-order valence-electron chi connectivity index (χ3n) is 3.53. The van der Waals surface area contributed by atoms with E-state index in [1.54, 1.807) is 6.07 Å². The first-order valence-corrected chi connectivity index (χ1v) is 6.50. The zero-order valence-electron chi connectivity index (χ0n) is 10.6. The summed E-state index contributed by atoms with van der Waals surface area (Å²) < 4.78 is 27.9. The smallest absolute Gasteiger partial charge is 0.348 e. The minimum absolute atomic E-state index is 0.128. The molecule has 1 aromatic carbocycles. The normalized spacial score (nSPS) is 23.9. The molecule has 1 aliphatic rings. The zero-order valence-corrected chi connectivity index (χ0v) is 10.6. The van der Waals surface area contributed by atoms with Crippen LogP contribution in [-0.2, 0) is 10.7 Å². The van der Waals surface area contributed by atoms with Crippen molar-refractivity contribution in [1.82, 2.24) is 5.32 Å². The standard InChI is InChI=1S/C14H18F2N2O/c15-14(16,10-4-2-1-3-5-10)13(19)18-12-8-6-11(17)7-9-12/h1-5,11-12H,6-9,17H2,(H,18,19). The highest BCUT2D eigenvalue weighted by Crippen LogP contribution is 2.28. The highest BCUT2D eigenvalue weighted by atomic mass is 19.3. The fourth-order valence-electron chi connectivity index (χ4n) is 2.32. The number of carbonyl (C=O) groups excluding carboxylic acids is 1. The Morgan fingerprint density at radius 1 is 1.16 bits per heavy atom. The highest BCUT2D eigenvalue weighted by Gasteiger charge is 2.41. The SMILES string of the molecule is NC1CCC(NC(=O)C(F)(F)c2ccccc2)CC1. The Balaban J connectivity index is 1.99. The molecule has 5 heteroatoms. The summed E-state index contributed by atoms with van der Waals surface area (Å²) in [6.07, 6.45) is 2.86. The van der Waals surface area contributed by atoms with Crippen molar-refractivity contribution >= 4 is 5.91 Å². The van der Waals surface area contributed by atoms with Crippen molar-refractivity contribution in [2.75, 3.05) is 0 Å². The number of alkyl halides is 2. The molecule has 0 saturated heterocycles. The van der Waals surface area contributed by atoms with Gasteiger partial charge in [0.05, 0.1) is 0 Å². The zero-order chi connectivity index (χ0) is 13.9. The first kappa shape index (κ1) is 13.9. The maximum atomic E-state index is 13.9. The van der Waals surface area contributed by atoms with Crippen molar-refractivity contribution in [2.24, 2.45) is 5.73 Å². The lowest BCUT2D eigenvalue weighted by Crippen LogP contribution is -2.46. The first-order valence-electron chi connectivity index (χ1n) is 6.50. The summed E-state index contributed by atoms with van der Waals surface area (Å²) in [6, 6.07) is 7.09. The van der Waals surface area contributed by atoms with Gasteiger partial charge in [0.25, 0.3) is 5.91 Å². The van der Waals surface area contributed by atoms with Crippen molar-refractivity contribution in [3.05, 3.63) is 35.9 Å². The second-order valence-corrected chi connectivity index (χ2v) is 5.03. The number of halogens is 2. The van der Waals surface area contributed by atoms with E-state index in [0.717, 1.165) is 12.8 Å². The second-order valence-electron chi connectivity index (χ2n) is 5.03. The monoisotopic (exact) mass is 268 g/mol. The molecule has 0 bridgehead atoms. The summed E-state index contributed by atoms with van der Waals surface area (Å²) >= 11 is 0. The van der Waals surface area contributed by atoms with Crippen LogP contribution < -0.4 is 11.1 Å². The summed E-state index contributed by atoms with van der Waals surface area (Å²) in [6.45, 7) is 0.